The van der Waals surface area contributed by atoms with Gasteiger partial charge in [0.2, 0.25) is 0 Å². The molecule has 2 rings (SSSR count). The van der Waals surface area contributed by atoms with E-state index in [1.165, 1.54) is 0 Å². The maximum Gasteiger partial charge on any atom is 0.161 e. The summed E-state index contributed by atoms with van der Waals surface area (Å²) in [5, 5.41) is 1.23. The van der Waals surface area contributed by atoms with Gasteiger partial charge in [0.15, 0.2) is 5.82 Å². The molecule has 1 aromatic heterocycles. The first kappa shape index (κ1) is 15.0. The van der Waals surface area contributed by atoms with E-state index in [4.69, 9.17) is 23.2 Å². The van der Waals surface area contributed by atoms with E-state index in [2.05, 4.69) is 39.5 Å². The lowest BCUT2D eigenvalue weighted by Crippen LogP contribution is -2.01. The smallest absolute Gasteiger partial charge is 0.161 e. The van der Waals surface area contributed by atoms with E-state index in [1.807, 2.05) is 25.1 Å². The van der Waals surface area contributed by atoms with Crippen molar-refractivity contribution in [2.45, 2.75) is 26.7 Å². The van der Waals surface area contributed by atoms with Crippen molar-refractivity contribution in [1.82, 2.24) is 9.97 Å². The summed E-state index contributed by atoms with van der Waals surface area (Å²) in [5.74, 6) is 0.669. The van der Waals surface area contributed by atoms with Gasteiger partial charge in [0.25, 0.3) is 0 Å². The average molecular weight is 407 g/mol. The fourth-order valence-electron chi connectivity index (χ4n) is 1.86. The van der Waals surface area contributed by atoms with E-state index in [1.54, 1.807) is 0 Å². The normalized spacial score (nSPS) is 10.8. The topological polar surface area (TPSA) is 25.8 Å². The van der Waals surface area contributed by atoms with Crippen molar-refractivity contribution in [3.63, 3.8) is 0 Å². The fourth-order valence-corrected chi connectivity index (χ4v) is 2.79. The Labute approximate surface area is 136 Å². The molecule has 0 N–H and O–H groups in total. The molecule has 0 atom stereocenters. The molecule has 100 valence electrons. The van der Waals surface area contributed by atoms with Crippen molar-refractivity contribution in [1.29, 1.82) is 0 Å². The highest BCUT2D eigenvalue weighted by Gasteiger charge is 2.13. The number of aryl methyl sites for hydroxylation is 2. The van der Waals surface area contributed by atoms with Gasteiger partial charge >= 0.3 is 0 Å². The van der Waals surface area contributed by atoms with Crippen molar-refractivity contribution in [3.05, 3.63) is 43.2 Å². The second-order valence-electron chi connectivity index (χ2n) is 4.31. The van der Waals surface area contributed by atoms with Gasteiger partial charge < -0.3 is 0 Å². The summed E-state index contributed by atoms with van der Waals surface area (Å²) in [6, 6.07) is 5.69. The third-order valence-corrected chi connectivity index (χ3v) is 4.76. The van der Waals surface area contributed by atoms with Crippen LogP contribution in [0.25, 0.3) is 11.4 Å². The second-order valence-corrected chi connectivity index (χ2v) is 6.18. The molecule has 0 saturated heterocycles. The molecule has 0 unspecified atom stereocenters. The van der Waals surface area contributed by atoms with Crippen LogP contribution in [0, 0.1) is 10.5 Å². The lowest BCUT2D eigenvalue weighted by molar-refractivity contribution is 0.867. The highest BCUT2D eigenvalue weighted by atomic mass is 127. The van der Waals surface area contributed by atoms with Gasteiger partial charge in [0.05, 0.1) is 9.26 Å². The molecule has 0 radical (unpaired) electrons. The number of rotatable bonds is 3. The molecule has 2 aromatic rings. The van der Waals surface area contributed by atoms with Gasteiger partial charge in [-0.05, 0) is 59.7 Å². The average Bonchev–Trinajstić information content (AvgIpc) is 2.35. The number of hydrogen-bond acceptors (Lipinski definition) is 2. The molecule has 0 fully saturated rings. The highest BCUT2D eigenvalue weighted by molar-refractivity contribution is 14.1. The standard InChI is InChI=1S/C14H13Cl2IN2/c1-3-4-11-12(17)13(16)19-14(18-11)10-6-5-9(15)7-8(10)2/h5-7H,3-4H2,1-2H3. The van der Waals surface area contributed by atoms with E-state index in [-0.39, 0.29) is 0 Å². The minimum absolute atomic E-state index is 0.517. The van der Waals surface area contributed by atoms with Crippen LogP contribution in [-0.2, 0) is 6.42 Å². The Hall–Kier alpha value is -0.390. The Kier molecular flexibility index (Phi) is 5.03. The van der Waals surface area contributed by atoms with Crippen LogP contribution < -0.4 is 0 Å². The van der Waals surface area contributed by atoms with E-state index in [0.29, 0.717) is 16.0 Å². The van der Waals surface area contributed by atoms with Crippen LogP contribution in [0.3, 0.4) is 0 Å². The number of nitrogens with zero attached hydrogens (tertiary/aromatic N) is 2. The molecule has 0 saturated carbocycles. The van der Waals surface area contributed by atoms with Crippen LogP contribution in [0.5, 0.6) is 0 Å². The van der Waals surface area contributed by atoms with Crippen LogP contribution in [0.2, 0.25) is 10.2 Å². The summed E-state index contributed by atoms with van der Waals surface area (Å²) >= 11 is 14.4. The second kappa shape index (κ2) is 6.37. The summed E-state index contributed by atoms with van der Waals surface area (Å²) in [6.07, 6.45) is 1.93. The zero-order chi connectivity index (χ0) is 14.0. The molecule has 0 amide bonds. The first-order valence-electron chi connectivity index (χ1n) is 6.01. The van der Waals surface area contributed by atoms with Crippen LogP contribution in [0.4, 0.5) is 0 Å². The van der Waals surface area contributed by atoms with Gasteiger partial charge in [0.1, 0.15) is 5.15 Å². The van der Waals surface area contributed by atoms with Gasteiger partial charge in [0, 0.05) is 10.6 Å². The van der Waals surface area contributed by atoms with Gasteiger partial charge in [-0.15, -0.1) is 0 Å². The maximum absolute atomic E-state index is 6.20. The molecule has 1 heterocycles. The molecule has 1 aromatic carbocycles. The summed E-state index contributed by atoms with van der Waals surface area (Å²) in [6.45, 7) is 4.12. The summed E-state index contributed by atoms with van der Waals surface area (Å²) in [5.41, 5.74) is 3.03. The fraction of sp³-hybridized carbons (Fsp3) is 0.286. The van der Waals surface area contributed by atoms with Crippen molar-refractivity contribution < 1.29 is 0 Å². The molecule has 0 aliphatic heterocycles. The molecule has 19 heavy (non-hydrogen) atoms. The van der Waals surface area contributed by atoms with Gasteiger partial charge in [-0.1, -0.05) is 36.5 Å². The van der Waals surface area contributed by atoms with Crippen molar-refractivity contribution in [2.24, 2.45) is 0 Å². The number of benzene rings is 1. The van der Waals surface area contributed by atoms with E-state index < -0.39 is 0 Å². The van der Waals surface area contributed by atoms with Gasteiger partial charge in [-0.3, -0.25) is 0 Å². The lowest BCUT2D eigenvalue weighted by atomic mass is 10.1. The first-order valence-corrected chi connectivity index (χ1v) is 7.84. The zero-order valence-electron chi connectivity index (χ0n) is 10.7. The van der Waals surface area contributed by atoms with Gasteiger partial charge in [-0.2, -0.15) is 0 Å². The molecule has 5 heteroatoms. The first-order chi connectivity index (χ1) is 9.02. The summed E-state index contributed by atoms with van der Waals surface area (Å²) in [7, 11) is 0. The monoisotopic (exact) mass is 406 g/mol. The third kappa shape index (κ3) is 3.38. The Morgan fingerprint density at radius 2 is 1.95 bits per heavy atom. The van der Waals surface area contributed by atoms with Gasteiger partial charge in [-0.25, -0.2) is 9.97 Å². The van der Waals surface area contributed by atoms with Crippen molar-refractivity contribution in [3.8, 4) is 11.4 Å². The molecular formula is C14H13Cl2IN2. The van der Waals surface area contributed by atoms with Crippen LogP contribution in [0.1, 0.15) is 24.6 Å². The summed E-state index contributed by atoms with van der Waals surface area (Å²) in [4.78, 5) is 9.02. The number of halogens is 3. The lowest BCUT2D eigenvalue weighted by Gasteiger charge is -2.09. The zero-order valence-corrected chi connectivity index (χ0v) is 14.3. The number of aromatic nitrogens is 2. The van der Waals surface area contributed by atoms with E-state index in [9.17, 15) is 0 Å². The molecule has 2 nitrogen and oxygen atoms in total. The van der Waals surface area contributed by atoms with Crippen molar-refractivity contribution in [2.75, 3.05) is 0 Å². The summed E-state index contributed by atoms with van der Waals surface area (Å²) < 4.78 is 0.941. The molecule has 0 aliphatic carbocycles. The molecule has 0 spiro atoms. The highest BCUT2D eigenvalue weighted by Crippen LogP contribution is 2.27. The van der Waals surface area contributed by atoms with E-state index >= 15 is 0 Å². The molecule has 0 bridgehead atoms. The Morgan fingerprint density at radius 1 is 1.21 bits per heavy atom. The predicted octanol–water partition coefficient (Wildman–Crippen LogP) is 5.32. The van der Waals surface area contributed by atoms with Crippen LogP contribution in [0.15, 0.2) is 18.2 Å². The quantitative estimate of drug-likeness (QED) is 0.509. The Balaban J connectivity index is 2.56. The van der Waals surface area contributed by atoms with Crippen LogP contribution >= 0.6 is 45.8 Å². The largest absolute Gasteiger partial charge is 0.232 e. The maximum atomic E-state index is 6.20. The third-order valence-electron chi connectivity index (χ3n) is 2.80. The van der Waals surface area contributed by atoms with Crippen LogP contribution in [-0.4, -0.2) is 9.97 Å². The minimum Gasteiger partial charge on any atom is -0.232 e. The molecular weight excluding hydrogens is 394 g/mol. The minimum atomic E-state index is 0.517. The Morgan fingerprint density at radius 3 is 2.58 bits per heavy atom. The molecule has 0 aliphatic rings. The van der Waals surface area contributed by atoms with E-state index in [0.717, 1.165) is 33.2 Å². The predicted molar refractivity (Wildman–Crippen MR) is 88.9 cm³/mol. The SMILES string of the molecule is CCCc1nc(-c2ccc(Cl)cc2C)nc(Cl)c1I. The number of hydrogen-bond donors (Lipinski definition) is 0. The Bertz CT molecular complexity index is 615. The van der Waals surface area contributed by atoms with Crippen molar-refractivity contribution >= 4 is 45.8 Å².